The third-order valence-electron chi connectivity index (χ3n) is 3.15. The first-order valence-corrected chi connectivity index (χ1v) is 8.23. The van der Waals surface area contributed by atoms with E-state index in [4.69, 9.17) is 10.8 Å². The molecule has 3 N–H and O–H groups in total. The maximum atomic E-state index is 12.4. The monoisotopic (exact) mass is 321 g/mol. The van der Waals surface area contributed by atoms with Crippen LogP contribution in [0.5, 0.6) is 0 Å². The molecule has 1 atom stereocenters. The quantitative estimate of drug-likeness (QED) is 0.592. The third-order valence-corrected chi connectivity index (χ3v) is 4.44. The number of piperidine rings is 1. The van der Waals surface area contributed by atoms with Gasteiger partial charge in [-0.3, -0.25) is 14.4 Å². The molecule has 21 heavy (non-hydrogen) atoms. The van der Waals surface area contributed by atoms with E-state index in [1.807, 2.05) is 0 Å². The highest BCUT2D eigenvalue weighted by molar-refractivity contribution is 7.88. The molecule has 1 unspecified atom stereocenters. The Bertz CT molecular complexity index is 516. The molecule has 1 rings (SSSR count). The van der Waals surface area contributed by atoms with Gasteiger partial charge in [-0.15, -0.1) is 0 Å². The summed E-state index contributed by atoms with van der Waals surface area (Å²) in [4.78, 5) is 34.9. The molecule has 2 amide bonds. The number of primary amides is 1. The fraction of sp³-hybridized carbons (Fsp3) is 0.727. The second kappa shape index (κ2) is 6.85. The average Bonchev–Trinajstić information content (AvgIpc) is 2.35. The zero-order valence-electron chi connectivity index (χ0n) is 11.7. The van der Waals surface area contributed by atoms with Crippen molar-refractivity contribution in [3.63, 3.8) is 0 Å². The lowest BCUT2D eigenvalue weighted by molar-refractivity contribution is -0.147. The first-order chi connectivity index (χ1) is 9.62. The molecule has 0 spiro atoms. The first-order valence-electron chi connectivity index (χ1n) is 6.38. The zero-order valence-corrected chi connectivity index (χ0v) is 12.5. The SMILES string of the molecule is CS(=O)(=O)N1CCCCC1C(=O)N(CC(N)=O)CC(=O)O. The van der Waals surface area contributed by atoms with Crippen molar-refractivity contribution in [2.75, 3.05) is 25.9 Å². The van der Waals surface area contributed by atoms with Gasteiger partial charge in [-0.25, -0.2) is 8.42 Å². The Morgan fingerprint density at radius 1 is 1.29 bits per heavy atom. The molecule has 1 aliphatic rings. The Morgan fingerprint density at radius 3 is 2.38 bits per heavy atom. The zero-order chi connectivity index (χ0) is 16.2. The van der Waals surface area contributed by atoms with E-state index in [0.717, 1.165) is 15.5 Å². The number of carboxylic acid groups (broad SMARTS) is 1. The van der Waals surface area contributed by atoms with Crippen LogP contribution in [0.15, 0.2) is 0 Å². The minimum atomic E-state index is -3.59. The highest BCUT2D eigenvalue weighted by Crippen LogP contribution is 2.21. The van der Waals surface area contributed by atoms with Crippen molar-refractivity contribution in [3.05, 3.63) is 0 Å². The summed E-state index contributed by atoms with van der Waals surface area (Å²) in [5.41, 5.74) is 5.00. The lowest BCUT2D eigenvalue weighted by Crippen LogP contribution is -2.54. The predicted octanol–water partition coefficient (Wildman–Crippen LogP) is -1.80. The fourth-order valence-electron chi connectivity index (χ4n) is 2.32. The summed E-state index contributed by atoms with van der Waals surface area (Å²) in [6.45, 7) is -1.05. The summed E-state index contributed by atoms with van der Waals surface area (Å²) in [6.07, 6.45) is 2.57. The molecule has 1 heterocycles. The van der Waals surface area contributed by atoms with E-state index in [1.54, 1.807) is 0 Å². The summed E-state index contributed by atoms with van der Waals surface area (Å²) in [5.74, 6) is -2.86. The highest BCUT2D eigenvalue weighted by Gasteiger charge is 2.37. The highest BCUT2D eigenvalue weighted by atomic mass is 32.2. The van der Waals surface area contributed by atoms with Crippen molar-refractivity contribution in [2.24, 2.45) is 5.73 Å². The number of sulfonamides is 1. The molecular weight excluding hydrogens is 302 g/mol. The maximum absolute atomic E-state index is 12.4. The Balaban J connectivity index is 2.98. The van der Waals surface area contributed by atoms with Gasteiger partial charge in [0.05, 0.1) is 12.8 Å². The second-order valence-electron chi connectivity index (χ2n) is 4.94. The molecule has 10 heteroatoms. The molecular formula is C11H19N3O6S. The van der Waals surface area contributed by atoms with Crippen molar-refractivity contribution in [2.45, 2.75) is 25.3 Å². The summed E-state index contributed by atoms with van der Waals surface area (Å²) in [6, 6.07) is -0.979. The van der Waals surface area contributed by atoms with Gasteiger partial charge >= 0.3 is 5.97 Å². The lowest BCUT2D eigenvalue weighted by atomic mass is 10.0. The molecule has 0 radical (unpaired) electrons. The summed E-state index contributed by atoms with van der Waals surface area (Å²) >= 11 is 0. The molecule has 0 aromatic carbocycles. The number of nitrogens with zero attached hydrogens (tertiary/aromatic N) is 2. The number of amides is 2. The minimum absolute atomic E-state index is 0.201. The summed E-state index contributed by atoms with van der Waals surface area (Å²) < 4.78 is 24.5. The number of hydrogen-bond acceptors (Lipinski definition) is 5. The first kappa shape index (κ1) is 17.4. The number of carbonyl (C=O) groups excluding carboxylic acids is 2. The largest absolute Gasteiger partial charge is 0.480 e. The third kappa shape index (κ3) is 4.97. The van der Waals surface area contributed by atoms with Gasteiger partial charge in [-0.1, -0.05) is 6.42 Å². The maximum Gasteiger partial charge on any atom is 0.323 e. The van der Waals surface area contributed by atoms with Gasteiger partial charge in [0.1, 0.15) is 12.6 Å². The molecule has 0 bridgehead atoms. The number of carboxylic acids is 1. The lowest BCUT2D eigenvalue weighted by Gasteiger charge is -2.35. The molecule has 1 saturated heterocycles. The van der Waals surface area contributed by atoms with E-state index < -0.39 is 46.9 Å². The van der Waals surface area contributed by atoms with E-state index >= 15 is 0 Å². The van der Waals surface area contributed by atoms with Crippen LogP contribution in [0.25, 0.3) is 0 Å². The van der Waals surface area contributed by atoms with Crippen LogP contribution in [-0.4, -0.2) is 72.4 Å². The van der Waals surface area contributed by atoms with Gasteiger partial charge < -0.3 is 15.7 Å². The van der Waals surface area contributed by atoms with Crippen LogP contribution in [-0.2, 0) is 24.4 Å². The van der Waals surface area contributed by atoms with E-state index in [1.165, 1.54) is 0 Å². The van der Waals surface area contributed by atoms with Crippen LogP contribution in [0, 0.1) is 0 Å². The Labute approximate surface area is 122 Å². The number of hydrogen-bond donors (Lipinski definition) is 2. The molecule has 0 saturated carbocycles. The molecule has 0 aromatic rings. The Morgan fingerprint density at radius 2 is 1.90 bits per heavy atom. The molecule has 1 aliphatic heterocycles. The fourth-order valence-corrected chi connectivity index (χ4v) is 3.44. The van der Waals surface area contributed by atoms with Crippen LogP contribution in [0.1, 0.15) is 19.3 Å². The predicted molar refractivity (Wildman–Crippen MR) is 72.6 cm³/mol. The van der Waals surface area contributed by atoms with Crippen LogP contribution < -0.4 is 5.73 Å². The van der Waals surface area contributed by atoms with Crippen molar-refractivity contribution in [1.82, 2.24) is 9.21 Å². The van der Waals surface area contributed by atoms with Crippen LogP contribution >= 0.6 is 0 Å². The van der Waals surface area contributed by atoms with Gasteiger partial charge in [-0.05, 0) is 12.8 Å². The van der Waals surface area contributed by atoms with Gasteiger partial charge in [-0.2, -0.15) is 4.31 Å². The normalized spacial score (nSPS) is 20.0. The van der Waals surface area contributed by atoms with Crippen LogP contribution in [0.2, 0.25) is 0 Å². The van der Waals surface area contributed by atoms with Gasteiger partial charge in [0.2, 0.25) is 21.8 Å². The molecule has 1 fully saturated rings. The molecule has 120 valence electrons. The number of carbonyl (C=O) groups is 3. The summed E-state index contributed by atoms with van der Waals surface area (Å²) in [7, 11) is -3.59. The second-order valence-corrected chi connectivity index (χ2v) is 6.87. The smallest absolute Gasteiger partial charge is 0.323 e. The molecule has 0 aromatic heterocycles. The van der Waals surface area contributed by atoms with Gasteiger partial charge in [0.25, 0.3) is 0 Å². The Kier molecular flexibility index (Phi) is 5.67. The minimum Gasteiger partial charge on any atom is -0.480 e. The number of nitrogens with two attached hydrogens (primary N) is 1. The van der Waals surface area contributed by atoms with Crippen LogP contribution in [0.3, 0.4) is 0 Å². The summed E-state index contributed by atoms with van der Waals surface area (Å²) in [5, 5.41) is 8.79. The molecule has 9 nitrogen and oxygen atoms in total. The number of aliphatic carboxylic acids is 1. The standard InChI is InChI=1S/C11H19N3O6S/c1-21(19,20)14-5-3-2-4-8(14)11(18)13(6-9(12)15)7-10(16)17/h8H,2-7H2,1H3,(H2,12,15)(H,16,17). The Hall–Kier alpha value is -1.68. The number of rotatable bonds is 6. The van der Waals surface area contributed by atoms with E-state index in [2.05, 4.69) is 0 Å². The topological polar surface area (TPSA) is 138 Å². The van der Waals surface area contributed by atoms with Crippen molar-refractivity contribution in [1.29, 1.82) is 0 Å². The van der Waals surface area contributed by atoms with Gasteiger partial charge in [0, 0.05) is 6.54 Å². The van der Waals surface area contributed by atoms with Crippen LogP contribution in [0.4, 0.5) is 0 Å². The van der Waals surface area contributed by atoms with E-state index in [-0.39, 0.29) is 6.54 Å². The van der Waals surface area contributed by atoms with Crippen molar-refractivity contribution in [3.8, 4) is 0 Å². The van der Waals surface area contributed by atoms with E-state index in [9.17, 15) is 22.8 Å². The average molecular weight is 321 g/mol. The van der Waals surface area contributed by atoms with E-state index in [0.29, 0.717) is 19.3 Å². The van der Waals surface area contributed by atoms with Crippen molar-refractivity contribution >= 4 is 27.8 Å². The van der Waals surface area contributed by atoms with Crippen molar-refractivity contribution < 1.29 is 27.9 Å². The van der Waals surface area contributed by atoms with Gasteiger partial charge in [0.15, 0.2) is 0 Å². The molecule has 0 aliphatic carbocycles.